The maximum Gasteiger partial charge on any atom is 0.0702 e. The van der Waals surface area contributed by atoms with Gasteiger partial charge in [-0.15, -0.1) is 0 Å². The average molecular weight is 285 g/mol. The second-order valence-corrected chi connectivity index (χ2v) is 6.61. The zero-order valence-electron chi connectivity index (χ0n) is 11.1. The van der Waals surface area contributed by atoms with Crippen LogP contribution in [0.2, 0.25) is 0 Å². The lowest BCUT2D eigenvalue weighted by atomic mass is 10.2. The van der Waals surface area contributed by atoms with E-state index in [-0.39, 0.29) is 0 Å². The van der Waals surface area contributed by atoms with Crippen LogP contribution >= 0.6 is 23.1 Å². The fraction of sp³-hybridized carbons (Fsp3) is 0.714. The minimum atomic E-state index is 0.470. The smallest absolute Gasteiger partial charge is 0.0702 e. The normalized spacial score (nSPS) is 19.8. The number of thiophene rings is 1. The Morgan fingerprint density at radius 3 is 3.17 bits per heavy atom. The van der Waals surface area contributed by atoms with Crippen molar-refractivity contribution < 1.29 is 4.74 Å². The minimum Gasteiger partial charge on any atom is -0.377 e. The van der Waals surface area contributed by atoms with E-state index in [1.54, 1.807) is 11.3 Å². The number of nitrogens with zero attached hydrogens (tertiary/aromatic N) is 1. The third-order valence-electron chi connectivity index (χ3n) is 3.29. The molecule has 2 heterocycles. The molecule has 0 amide bonds. The lowest BCUT2D eigenvalue weighted by molar-refractivity contribution is 0.0707. The van der Waals surface area contributed by atoms with Gasteiger partial charge in [0.05, 0.1) is 6.10 Å². The summed E-state index contributed by atoms with van der Waals surface area (Å²) in [5.41, 5.74) is 1.45. The summed E-state index contributed by atoms with van der Waals surface area (Å²) >= 11 is 3.73. The van der Waals surface area contributed by atoms with Crippen molar-refractivity contribution in [3.05, 3.63) is 22.4 Å². The monoisotopic (exact) mass is 285 g/mol. The Morgan fingerprint density at radius 2 is 2.50 bits per heavy atom. The molecule has 0 spiro atoms. The third-order valence-corrected chi connectivity index (χ3v) is 4.72. The molecule has 0 aliphatic carbocycles. The molecule has 0 aromatic carbocycles. The van der Waals surface area contributed by atoms with Crippen LogP contribution in [0.5, 0.6) is 0 Å². The van der Waals surface area contributed by atoms with Crippen molar-refractivity contribution in [1.29, 1.82) is 0 Å². The molecule has 102 valence electrons. The minimum absolute atomic E-state index is 0.470. The molecule has 4 heteroatoms. The molecule has 0 saturated carbocycles. The molecule has 1 fully saturated rings. The van der Waals surface area contributed by atoms with Gasteiger partial charge in [-0.25, -0.2) is 0 Å². The van der Waals surface area contributed by atoms with E-state index < -0.39 is 0 Å². The van der Waals surface area contributed by atoms with E-state index in [0.717, 1.165) is 19.7 Å². The fourth-order valence-corrected chi connectivity index (χ4v) is 3.46. The quantitative estimate of drug-likeness (QED) is 0.679. The van der Waals surface area contributed by atoms with Gasteiger partial charge < -0.3 is 4.74 Å². The molecule has 1 unspecified atom stereocenters. The predicted molar refractivity (Wildman–Crippen MR) is 81.6 cm³/mol. The van der Waals surface area contributed by atoms with Crippen LogP contribution in [0.15, 0.2) is 16.8 Å². The van der Waals surface area contributed by atoms with Gasteiger partial charge in [0.1, 0.15) is 0 Å². The van der Waals surface area contributed by atoms with E-state index in [2.05, 4.69) is 28.0 Å². The third kappa shape index (κ3) is 4.92. The van der Waals surface area contributed by atoms with Crippen molar-refractivity contribution in [2.75, 3.05) is 31.7 Å². The van der Waals surface area contributed by atoms with E-state index in [1.807, 2.05) is 11.8 Å². The molecule has 1 atom stereocenters. The molecule has 2 rings (SSSR count). The summed E-state index contributed by atoms with van der Waals surface area (Å²) in [6, 6.07) is 2.24. The Labute approximate surface area is 119 Å². The number of hydrogen-bond donors (Lipinski definition) is 0. The first-order chi connectivity index (χ1) is 8.88. The van der Waals surface area contributed by atoms with Gasteiger partial charge in [0.15, 0.2) is 0 Å². The molecule has 0 radical (unpaired) electrons. The van der Waals surface area contributed by atoms with Crippen molar-refractivity contribution in [2.45, 2.75) is 31.9 Å². The van der Waals surface area contributed by atoms with E-state index in [1.165, 1.54) is 37.1 Å². The molecule has 1 aliphatic rings. The molecule has 1 aromatic rings. The van der Waals surface area contributed by atoms with Crippen LogP contribution in [0.25, 0.3) is 0 Å². The summed E-state index contributed by atoms with van der Waals surface area (Å²) in [5.74, 6) is 1.26. The van der Waals surface area contributed by atoms with Crippen molar-refractivity contribution in [2.24, 2.45) is 0 Å². The Morgan fingerprint density at radius 1 is 1.56 bits per heavy atom. The average Bonchev–Trinajstić information content (AvgIpc) is 3.02. The summed E-state index contributed by atoms with van der Waals surface area (Å²) < 4.78 is 5.76. The van der Waals surface area contributed by atoms with E-state index in [0.29, 0.717) is 6.10 Å². The van der Waals surface area contributed by atoms with Crippen molar-refractivity contribution in [1.82, 2.24) is 4.90 Å². The Balaban J connectivity index is 1.80. The largest absolute Gasteiger partial charge is 0.377 e. The van der Waals surface area contributed by atoms with Crippen molar-refractivity contribution in [3.8, 4) is 0 Å². The van der Waals surface area contributed by atoms with Gasteiger partial charge >= 0.3 is 0 Å². The Hall–Kier alpha value is -0.0300. The molecule has 1 aromatic heterocycles. The van der Waals surface area contributed by atoms with Gasteiger partial charge in [0.25, 0.3) is 0 Å². The van der Waals surface area contributed by atoms with Crippen molar-refractivity contribution >= 4 is 23.1 Å². The molecule has 1 saturated heterocycles. The fourth-order valence-electron chi connectivity index (χ4n) is 2.38. The van der Waals surface area contributed by atoms with Gasteiger partial charge in [-0.05, 0) is 60.2 Å². The molecule has 1 aliphatic heterocycles. The summed E-state index contributed by atoms with van der Waals surface area (Å²) in [7, 11) is 0. The molecule has 18 heavy (non-hydrogen) atoms. The number of hydrogen-bond acceptors (Lipinski definition) is 4. The topological polar surface area (TPSA) is 12.5 Å². The van der Waals surface area contributed by atoms with Crippen LogP contribution in [0.1, 0.15) is 24.8 Å². The Bertz CT molecular complexity index is 310. The first kappa shape index (κ1) is 14.4. The van der Waals surface area contributed by atoms with E-state index in [4.69, 9.17) is 4.74 Å². The zero-order valence-corrected chi connectivity index (χ0v) is 12.8. The summed E-state index contributed by atoms with van der Waals surface area (Å²) in [6.07, 6.45) is 6.41. The van der Waals surface area contributed by atoms with Crippen LogP contribution in [0, 0.1) is 0 Å². The first-order valence-corrected chi connectivity index (χ1v) is 9.06. The van der Waals surface area contributed by atoms with Crippen LogP contribution in [0.4, 0.5) is 0 Å². The van der Waals surface area contributed by atoms with Crippen LogP contribution < -0.4 is 0 Å². The van der Waals surface area contributed by atoms with Crippen LogP contribution in [-0.4, -0.2) is 42.7 Å². The van der Waals surface area contributed by atoms with Gasteiger partial charge in [0.2, 0.25) is 0 Å². The molecular formula is C14H23NOS2. The number of thioether (sulfide) groups is 1. The van der Waals surface area contributed by atoms with Crippen LogP contribution in [0.3, 0.4) is 0 Å². The highest BCUT2D eigenvalue weighted by Crippen LogP contribution is 2.16. The maximum atomic E-state index is 5.76. The molecule has 2 nitrogen and oxygen atoms in total. The predicted octanol–water partition coefficient (Wildman–Crippen LogP) is 3.48. The second kappa shape index (κ2) is 8.20. The van der Waals surface area contributed by atoms with Crippen molar-refractivity contribution in [3.63, 3.8) is 0 Å². The van der Waals surface area contributed by atoms with Gasteiger partial charge in [-0.1, -0.05) is 0 Å². The summed E-state index contributed by atoms with van der Waals surface area (Å²) in [5, 5.41) is 4.43. The second-order valence-electron chi connectivity index (χ2n) is 4.85. The number of rotatable bonds is 8. The zero-order chi connectivity index (χ0) is 12.6. The standard InChI is InChI=1S/C14H23NOS2/c1-17-8-3-6-15(10-13-5-9-18-12-13)11-14-4-2-7-16-14/h5,9,12,14H,2-4,6-8,10-11H2,1H3. The lowest BCUT2D eigenvalue weighted by Crippen LogP contribution is -2.32. The first-order valence-electron chi connectivity index (χ1n) is 6.72. The molecule has 0 bridgehead atoms. The van der Waals surface area contributed by atoms with Gasteiger partial charge in [-0.3, -0.25) is 4.90 Å². The highest BCUT2D eigenvalue weighted by molar-refractivity contribution is 7.98. The highest BCUT2D eigenvalue weighted by Gasteiger charge is 2.19. The SMILES string of the molecule is CSCCCN(Cc1ccsc1)CC1CCCO1. The van der Waals surface area contributed by atoms with Crippen LogP contribution in [-0.2, 0) is 11.3 Å². The van der Waals surface area contributed by atoms with E-state index in [9.17, 15) is 0 Å². The highest BCUT2D eigenvalue weighted by atomic mass is 32.2. The summed E-state index contributed by atoms with van der Waals surface area (Å²) in [6.45, 7) is 4.33. The number of ether oxygens (including phenoxy) is 1. The Kier molecular flexibility index (Phi) is 6.55. The summed E-state index contributed by atoms with van der Waals surface area (Å²) in [4.78, 5) is 2.56. The van der Waals surface area contributed by atoms with E-state index >= 15 is 0 Å². The maximum absolute atomic E-state index is 5.76. The molecule has 0 N–H and O–H groups in total. The lowest BCUT2D eigenvalue weighted by Gasteiger charge is -2.24. The molecular weight excluding hydrogens is 262 g/mol. The van der Waals surface area contributed by atoms with Gasteiger partial charge in [0, 0.05) is 19.7 Å². The van der Waals surface area contributed by atoms with Gasteiger partial charge in [-0.2, -0.15) is 23.1 Å².